The van der Waals surface area contributed by atoms with Gasteiger partial charge in [0.2, 0.25) is 10.0 Å². The summed E-state index contributed by atoms with van der Waals surface area (Å²) in [5.41, 5.74) is 2.07. The zero-order valence-electron chi connectivity index (χ0n) is 18.8. The Hall–Kier alpha value is -4.41. The first-order valence-electron chi connectivity index (χ1n) is 11.0. The van der Waals surface area contributed by atoms with Crippen molar-refractivity contribution in [3.63, 3.8) is 0 Å². The number of benzene rings is 3. The third-order valence-electron chi connectivity index (χ3n) is 5.70. The highest BCUT2D eigenvalue weighted by atomic mass is 32.2. The van der Waals surface area contributed by atoms with Crippen LogP contribution < -0.4 is 9.62 Å². The highest BCUT2D eigenvalue weighted by molar-refractivity contribution is 7.89. The number of nitrogens with zero attached hydrogens (tertiary/aromatic N) is 3. The highest BCUT2D eigenvalue weighted by Gasteiger charge is 2.36. The van der Waals surface area contributed by atoms with Gasteiger partial charge in [-0.25, -0.2) is 8.42 Å². The topological polar surface area (TPSA) is 129 Å². The minimum absolute atomic E-state index is 0.114. The number of carboxylic acids is 1. The quantitative estimate of drug-likeness (QED) is 0.419. The predicted molar refractivity (Wildman–Crippen MR) is 134 cm³/mol. The molecule has 0 fully saturated rings. The molecule has 2 heterocycles. The number of carboxylic acid groups (broad SMARTS) is 1. The van der Waals surface area contributed by atoms with Crippen LogP contribution >= 0.6 is 0 Å². The summed E-state index contributed by atoms with van der Waals surface area (Å²) in [5, 5.41) is 10.1. The van der Waals surface area contributed by atoms with Crippen LogP contribution in [0.5, 0.6) is 0 Å². The molecule has 1 unspecified atom stereocenters. The minimum Gasteiger partial charge on any atom is -0.480 e. The number of hydrogen-bond donors (Lipinski definition) is 2. The van der Waals surface area contributed by atoms with E-state index >= 15 is 0 Å². The molecule has 1 aliphatic rings. The number of rotatable bonds is 6. The second kappa shape index (κ2) is 9.33. The van der Waals surface area contributed by atoms with Crippen LogP contribution in [0.3, 0.4) is 0 Å². The Morgan fingerprint density at radius 1 is 0.944 bits per heavy atom. The van der Waals surface area contributed by atoms with Crippen molar-refractivity contribution in [3.05, 3.63) is 102 Å². The molecule has 0 aliphatic carbocycles. The smallest absolute Gasteiger partial charge is 0.323 e. The maximum Gasteiger partial charge on any atom is 0.323 e. The summed E-state index contributed by atoms with van der Waals surface area (Å²) in [5.74, 6) is -2.06. The van der Waals surface area contributed by atoms with Crippen LogP contribution in [0.1, 0.15) is 11.1 Å². The molecule has 180 valence electrons. The number of aliphatic imine (C=N–C) groups is 1. The fraction of sp³-hybridized carbons (Fsp3) is 0.0769. The van der Waals surface area contributed by atoms with E-state index in [9.17, 15) is 23.1 Å². The number of benzodiazepines with no additional fused rings is 1. The molecule has 36 heavy (non-hydrogen) atoms. The molecule has 2 N–H and O–H groups in total. The molecule has 4 aromatic rings. The van der Waals surface area contributed by atoms with Crippen molar-refractivity contribution in [2.45, 2.75) is 11.1 Å². The number of nitrogens with one attached hydrogen (secondary N) is 1. The Morgan fingerprint density at radius 3 is 2.44 bits per heavy atom. The van der Waals surface area contributed by atoms with E-state index in [1.807, 2.05) is 6.07 Å². The molecule has 1 aromatic heterocycles. The fourth-order valence-electron chi connectivity index (χ4n) is 4.13. The van der Waals surface area contributed by atoms with E-state index in [0.717, 1.165) is 4.90 Å². The summed E-state index contributed by atoms with van der Waals surface area (Å²) in [7, 11) is -4.29. The summed E-state index contributed by atoms with van der Waals surface area (Å²) < 4.78 is 29.4. The summed E-state index contributed by atoms with van der Waals surface area (Å²) >= 11 is 0. The van der Waals surface area contributed by atoms with Gasteiger partial charge in [0.25, 0.3) is 5.91 Å². The molecule has 0 saturated carbocycles. The lowest BCUT2D eigenvalue weighted by atomic mass is 10.0. The number of carbonyl (C=O) groups excluding carboxylic acids is 1. The fourth-order valence-corrected chi connectivity index (χ4v) is 5.39. The average molecular weight is 501 g/mol. The van der Waals surface area contributed by atoms with Crippen molar-refractivity contribution in [1.29, 1.82) is 0 Å². The van der Waals surface area contributed by atoms with Crippen LogP contribution in [0.15, 0.2) is 101 Å². The Bertz CT molecular complexity index is 1610. The maximum absolute atomic E-state index is 13.6. The molecule has 0 saturated heterocycles. The van der Waals surface area contributed by atoms with Crippen molar-refractivity contribution in [2.24, 2.45) is 4.99 Å². The molecule has 0 radical (unpaired) electrons. The third kappa shape index (κ3) is 4.35. The van der Waals surface area contributed by atoms with Gasteiger partial charge in [0.15, 0.2) is 6.17 Å². The Labute approximate surface area is 206 Å². The van der Waals surface area contributed by atoms with Crippen molar-refractivity contribution >= 4 is 44.2 Å². The second-order valence-corrected chi connectivity index (χ2v) is 9.72. The summed E-state index contributed by atoms with van der Waals surface area (Å²) in [6.45, 7) is -0.665. The maximum atomic E-state index is 13.6. The number of fused-ring (bicyclic) bond motifs is 2. The van der Waals surface area contributed by atoms with E-state index < -0.39 is 34.6 Å². The molecule has 1 aliphatic heterocycles. The summed E-state index contributed by atoms with van der Waals surface area (Å²) in [4.78, 5) is 34.9. The molecule has 3 aromatic carbocycles. The number of sulfonamides is 1. The Balaban J connectivity index is 1.66. The number of pyridine rings is 1. The monoisotopic (exact) mass is 500 g/mol. The number of anilines is 1. The molecular formula is C26H20N4O5S. The molecule has 1 atom stereocenters. The van der Waals surface area contributed by atoms with Crippen LogP contribution in [-0.2, 0) is 19.6 Å². The standard InChI is InChI=1S/C26H20N4O5S/c31-22(32)16-30-20-13-5-4-12-19(20)23(17-8-2-1-3-9-17)28-25(26(30)33)29-36(34,35)21-14-6-10-18-11-7-15-27-24(18)21/h1-15,25,29H,16H2,(H,31,32). The van der Waals surface area contributed by atoms with Gasteiger partial charge < -0.3 is 5.11 Å². The number of para-hydroxylation sites is 2. The van der Waals surface area contributed by atoms with Gasteiger partial charge in [0.1, 0.15) is 11.4 Å². The Morgan fingerprint density at radius 2 is 1.67 bits per heavy atom. The van der Waals surface area contributed by atoms with Crippen LogP contribution in [0.2, 0.25) is 0 Å². The lowest BCUT2D eigenvalue weighted by molar-refractivity contribution is -0.136. The van der Waals surface area contributed by atoms with E-state index in [2.05, 4.69) is 14.7 Å². The van der Waals surface area contributed by atoms with Crippen LogP contribution in [0.4, 0.5) is 5.69 Å². The van der Waals surface area contributed by atoms with E-state index in [1.54, 1.807) is 72.8 Å². The van der Waals surface area contributed by atoms with Gasteiger partial charge in [-0.05, 0) is 18.2 Å². The number of amides is 1. The van der Waals surface area contributed by atoms with Crippen molar-refractivity contribution < 1.29 is 23.1 Å². The molecular weight excluding hydrogens is 480 g/mol. The molecule has 9 nitrogen and oxygen atoms in total. The van der Waals surface area contributed by atoms with E-state index in [1.165, 1.54) is 12.3 Å². The largest absolute Gasteiger partial charge is 0.480 e. The number of aromatic nitrogens is 1. The van der Waals surface area contributed by atoms with Gasteiger partial charge in [-0.15, -0.1) is 0 Å². The van der Waals surface area contributed by atoms with Gasteiger partial charge >= 0.3 is 5.97 Å². The zero-order chi connectivity index (χ0) is 25.3. The second-order valence-electron chi connectivity index (χ2n) is 8.03. The van der Waals surface area contributed by atoms with Crippen molar-refractivity contribution in [1.82, 2.24) is 9.71 Å². The molecule has 10 heteroatoms. The molecule has 0 bridgehead atoms. The number of aliphatic carboxylic acids is 1. The van der Waals surface area contributed by atoms with E-state index in [-0.39, 0.29) is 10.4 Å². The SMILES string of the molecule is O=C(O)CN1C(=O)C(NS(=O)(=O)c2cccc3cccnc23)N=C(c2ccccc2)c2ccccc21. The van der Waals surface area contributed by atoms with Crippen LogP contribution in [-0.4, -0.2) is 48.8 Å². The van der Waals surface area contributed by atoms with Gasteiger partial charge in [-0.2, -0.15) is 4.72 Å². The van der Waals surface area contributed by atoms with Gasteiger partial charge in [-0.1, -0.05) is 66.7 Å². The predicted octanol–water partition coefficient (Wildman–Crippen LogP) is 2.81. The first kappa shape index (κ1) is 23.3. The van der Waals surface area contributed by atoms with E-state index in [0.29, 0.717) is 27.9 Å². The van der Waals surface area contributed by atoms with Crippen molar-refractivity contribution in [3.8, 4) is 0 Å². The number of carbonyl (C=O) groups is 2. The molecule has 5 rings (SSSR count). The third-order valence-corrected chi connectivity index (χ3v) is 7.14. The lowest BCUT2D eigenvalue weighted by Crippen LogP contribution is -2.48. The first-order valence-corrected chi connectivity index (χ1v) is 12.5. The lowest BCUT2D eigenvalue weighted by Gasteiger charge is -2.23. The van der Waals surface area contributed by atoms with Gasteiger partial charge in [-0.3, -0.25) is 24.5 Å². The normalized spacial score (nSPS) is 15.8. The van der Waals surface area contributed by atoms with Crippen LogP contribution in [0, 0.1) is 0 Å². The molecule has 1 amide bonds. The average Bonchev–Trinajstić information content (AvgIpc) is 2.99. The summed E-state index contributed by atoms with van der Waals surface area (Å²) in [6, 6.07) is 23.9. The van der Waals surface area contributed by atoms with Gasteiger partial charge in [0.05, 0.1) is 16.9 Å². The van der Waals surface area contributed by atoms with Crippen molar-refractivity contribution in [2.75, 3.05) is 11.4 Å². The Kier molecular flexibility index (Phi) is 6.05. The first-order chi connectivity index (χ1) is 17.3. The number of hydrogen-bond acceptors (Lipinski definition) is 6. The minimum atomic E-state index is -4.29. The highest BCUT2D eigenvalue weighted by Crippen LogP contribution is 2.29. The molecule has 0 spiro atoms. The van der Waals surface area contributed by atoms with E-state index in [4.69, 9.17) is 0 Å². The van der Waals surface area contributed by atoms with Crippen LogP contribution in [0.25, 0.3) is 10.9 Å². The summed E-state index contributed by atoms with van der Waals surface area (Å²) in [6.07, 6.45) is -0.134. The zero-order valence-corrected chi connectivity index (χ0v) is 19.6. The van der Waals surface area contributed by atoms with Gasteiger partial charge in [0, 0.05) is 22.7 Å².